The van der Waals surface area contributed by atoms with Gasteiger partial charge in [0, 0.05) is 6.20 Å². The quantitative estimate of drug-likeness (QED) is 0.745. The van der Waals surface area contributed by atoms with Crippen molar-refractivity contribution in [1.29, 1.82) is 0 Å². The number of rotatable bonds is 3. The first-order valence-electron chi connectivity index (χ1n) is 7.86. The molecule has 120 valence electrons. The van der Waals surface area contributed by atoms with Crippen LogP contribution in [0.15, 0.2) is 72.0 Å². The SMILES string of the molecule is Cc1ccc(CC(=O)/N=c2/ccn(-c3ccccc3)nc2)c(C)c1. The van der Waals surface area contributed by atoms with Gasteiger partial charge in [-0.2, -0.15) is 5.10 Å². The van der Waals surface area contributed by atoms with Gasteiger partial charge in [-0.1, -0.05) is 42.0 Å². The zero-order chi connectivity index (χ0) is 16.9. The fourth-order valence-corrected chi connectivity index (χ4v) is 2.54. The number of carbonyl (C=O) groups excluding carboxylic acids is 1. The van der Waals surface area contributed by atoms with Crippen LogP contribution in [0.3, 0.4) is 0 Å². The van der Waals surface area contributed by atoms with Crippen LogP contribution in [-0.2, 0) is 11.2 Å². The maximum atomic E-state index is 12.2. The highest BCUT2D eigenvalue weighted by Gasteiger charge is 2.05. The zero-order valence-corrected chi connectivity index (χ0v) is 13.8. The van der Waals surface area contributed by atoms with Crippen LogP contribution in [0.25, 0.3) is 5.69 Å². The molecule has 0 N–H and O–H groups in total. The molecule has 0 aliphatic carbocycles. The summed E-state index contributed by atoms with van der Waals surface area (Å²) in [6.07, 6.45) is 3.71. The summed E-state index contributed by atoms with van der Waals surface area (Å²) in [7, 11) is 0. The van der Waals surface area contributed by atoms with Crippen LogP contribution in [0.4, 0.5) is 0 Å². The molecule has 4 heteroatoms. The average molecular weight is 317 g/mol. The van der Waals surface area contributed by atoms with Gasteiger partial charge in [0.25, 0.3) is 5.91 Å². The van der Waals surface area contributed by atoms with Gasteiger partial charge in [0.05, 0.1) is 23.7 Å². The van der Waals surface area contributed by atoms with E-state index in [4.69, 9.17) is 0 Å². The predicted molar refractivity (Wildman–Crippen MR) is 93.8 cm³/mol. The summed E-state index contributed by atoms with van der Waals surface area (Å²) in [6.45, 7) is 4.06. The summed E-state index contributed by atoms with van der Waals surface area (Å²) in [5, 5.41) is 4.88. The van der Waals surface area contributed by atoms with Gasteiger partial charge in [-0.3, -0.25) is 4.79 Å². The number of aryl methyl sites for hydroxylation is 2. The van der Waals surface area contributed by atoms with E-state index in [2.05, 4.69) is 16.2 Å². The Morgan fingerprint density at radius 2 is 1.88 bits per heavy atom. The van der Waals surface area contributed by atoms with Gasteiger partial charge in [0.1, 0.15) is 0 Å². The molecule has 3 aromatic rings. The third kappa shape index (κ3) is 3.84. The Morgan fingerprint density at radius 3 is 2.54 bits per heavy atom. The fourth-order valence-electron chi connectivity index (χ4n) is 2.54. The summed E-state index contributed by atoms with van der Waals surface area (Å²) in [6, 6.07) is 17.7. The Kier molecular flexibility index (Phi) is 4.66. The van der Waals surface area contributed by atoms with E-state index in [1.54, 1.807) is 23.1 Å². The predicted octanol–water partition coefficient (Wildman–Crippen LogP) is 3.16. The molecule has 24 heavy (non-hydrogen) atoms. The molecule has 0 radical (unpaired) electrons. The molecule has 0 fully saturated rings. The van der Waals surface area contributed by atoms with Gasteiger partial charge < -0.3 is 0 Å². The highest BCUT2D eigenvalue weighted by atomic mass is 16.1. The van der Waals surface area contributed by atoms with Gasteiger partial charge in [-0.25, -0.2) is 9.67 Å². The third-order valence-electron chi connectivity index (χ3n) is 3.82. The topological polar surface area (TPSA) is 47.2 Å². The van der Waals surface area contributed by atoms with Crippen molar-refractivity contribution >= 4 is 5.91 Å². The molecule has 1 heterocycles. The van der Waals surface area contributed by atoms with Crippen LogP contribution in [0.1, 0.15) is 16.7 Å². The van der Waals surface area contributed by atoms with E-state index in [1.807, 2.05) is 56.3 Å². The van der Waals surface area contributed by atoms with Crippen molar-refractivity contribution < 1.29 is 4.79 Å². The third-order valence-corrected chi connectivity index (χ3v) is 3.82. The van der Waals surface area contributed by atoms with Crippen molar-refractivity contribution in [1.82, 2.24) is 9.78 Å². The minimum Gasteiger partial charge on any atom is -0.272 e. The monoisotopic (exact) mass is 317 g/mol. The number of nitrogens with zero attached hydrogens (tertiary/aromatic N) is 3. The maximum absolute atomic E-state index is 12.2. The molecule has 0 aliphatic heterocycles. The lowest BCUT2D eigenvalue weighted by Gasteiger charge is -2.05. The molecule has 0 atom stereocenters. The molecule has 0 bridgehead atoms. The second kappa shape index (κ2) is 7.04. The van der Waals surface area contributed by atoms with Crippen LogP contribution < -0.4 is 5.36 Å². The number of hydrogen-bond acceptors (Lipinski definition) is 2. The molecule has 0 spiro atoms. The zero-order valence-electron chi connectivity index (χ0n) is 13.8. The van der Waals surface area contributed by atoms with E-state index in [0.717, 1.165) is 16.8 Å². The lowest BCUT2D eigenvalue weighted by Crippen LogP contribution is -2.12. The molecule has 0 unspecified atom stereocenters. The summed E-state index contributed by atoms with van der Waals surface area (Å²) < 4.78 is 1.74. The van der Waals surface area contributed by atoms with Crippen molar-refractivity contribution in [3.8, 4) is 5.69 Å². The Hall–Kier alpha value is -3.01. The van der Waals surface area contributed by atoms with Gasteiger partial charge in [0.2, 0.25) is 0 Å². The first-order valence-corrected chi connectivity index (χ1v) is 7.86. The molecular formula is C20H19N3O. The van der Waals surface area contributed by atoms with Crippen LogP contribution in [0.2, 0.25) is 0 Å². The summed E-state index contributed by atoms with van der Waals surface area (Å²) >= 11 is 0. The summed E-state index contributed by atoms with van der Waals surface area (Å²) in [4.78, 5) is 16.3. The highest BCUT2D eigenvalue weighted by molar-refractivity contribution is 5.79. The highest BCUT2D eigenvalue weighted by Crippen LogP contribution is 2.11. The Bertz CT molecular complexity index is 907. The van der Waals surface area contributed by atoms with Crippen molar-refractivity contribution in [3.63, 3.8) is 0 Å². The van der Waals surface area contributed by atoms with E-state index < -0.39 is 0 Å². The molecule has 1 aromatic heterocycles. The lowest BCUT2D eigenvalue weighted by atomic mass is 10.0. The number of hydrogen-bond donors (Lipinski definition) is 0. The first kappa shape index (κ1) is 15.9. The Morgan fingerprint density at radius 1 is 1.08 bits per heavy atom. The Labute approximate surface area is 141 Å². The molecule has 3 rings (SSSR count). The molecule has 0 aliphatic rings. The first-order chi connectivity index (χ1) is 11.6. The van der Waals surface area contributed by atoms with Gasteiger partial charge in [-0.15, -0.1) is 0 Å². The number of carbonyl (C=O) groups is 1. The Balaban J connectivity index is 1.77. The van der Waals surface area contributed by atoms with E-state index in [1.165, 1.54) is 5.56 Å². The van der Waals surface area contributed by atoms with Crippen LogP contribution in [0.5, 0.6) is 0 Å². The summed E-state index contributed by atoms with van der Waals surface area (Å²) in [5.41, 5.74) is 4.29. The van der Waals surface area contributed by atoms with Crippen LogP contribution in [0, 0.1) is 13.8 Å². The fraction of sp³-hybridized carbons (Fsp3) is 0.150. The summed E-state index contributed by atoms with van der Waals surface area (Å²) in [5.74, 6) is -0.166. The normalized spacial score (nSPS) is 11.5. The standard InChI is InChI=1S/C20H19N3O/c1-15-8-9-17(16(2)12-15)13-20(24)22-18-10-11-23(21-14-18)19-6-4-3-5-7-19/h3-12,14H,13H2,1-2H3/b22-18-. The number of aromatic nitrogens is 2. The molecule has 0 saturated carbocycles. The maximum Gasteiger partial charge on any atom is 0.250 e. The second-order valence-corrected chi connectivity index (χ2v) is 5.78. The van der Waals surface area contributed by atoms with Crippen LogP contribution >= 0.6 is 0 Å². The minimum absolute atomic E-state index is 0.166. The second-order valence-electron chi connectivity index (χ2n) is 5.78. The van der Waals surface area contributed by atoms with Crippen molar-refractivity contribution in [2.45, 2.75) is 20.3 Å². The molecule has 2 aromatic carbocycles. The molecule has 0 saturated heterocycles. The van der Waals surface area contributed by atoms with E-state index in [-0.39, 0.29) is 5.91 Å². The van der Waals surface area contributed by atoms with E-state index in [9.17, 15) is 4.79 Å². The van der Waals surface area contributed by atoms with E-state index >= 15 is 0 Å². The van der Waals surface area contributed by atoms with Crippen molar-refractivity contribution in [2.24, 2.45) is 4.99 Å². The number of benzene rings is 2. The van der Waals surface area contributed by atoms with Crippen molar-refractivity contribution in [2.75, 3.05) is 0 Å². The lowest BCUT2D eigenvalue weighted by molar-refractivity contribution is -0.117. The smallest absolute Gasteiger partial charge is 0.250 e. The molecular weight excluding hydrogens is 298 g/mol. The van der Waals surface area contributed by atoms with Gasteiger partial charge in [-0.05, 0) is 43.2 Å². The molecule has 4 nitrogen and oxygen atoms in total. The van der Waals surface area contributed by atoms with E-state index in [0.29, 0.717) is 11.8 Å². The largest absolute Gasteiger partial charge is 0.272 e. The molecule has 1 amide bonds. The van der Waals surface area contributed by atoms with Crippen molar-refractivity contribution in [3.05, 3.63) is 89.0 Å². The minimum atomic E-state index is -0.166. The van der Waals surface area contributed by atoms with Crippen LogP contribution in [-0.4, -0.2) is 15.7 Å². The van der Waals surface area contributed by atoms with Gasteiger partial charge in [0.15, 0.2) is 0 Å². The number of amides is 1. The van der Waals surface area contributed by atoms with Gasteiger partial charge >= 0.3 is 0 Å². The number of para-hydroxylation sites is 1. The average Bonchev–Trinajstić information content (AvgIpc) is 2.59.